The van der Waals surface area contributed by atoms with Gasteiger partial charge >= 0.3 is 0 Å². The van der Waals surface area contributed by atoms with Crippen molar-refractivity contribution in [3.63, 3.8) is 0 Å². The van der Waals surface area contributed by atoms with E-state index < -0.39 is 11.7 Å². The molecule has 0 fully saturated rings. The van der Waals surface area contributed by atoms with E-state index in [1.807, 2.05) is 0 Å². The quantitative estimate of drug-likeness (QED) is 0.893. The molecule has 0 saturated heterocycles. The van der Waals surface area contributed by atoms with Crippen LogP contribution in [0.5, 0.6) is 5.75 Å². The highest BCUT2D eigenvalue weighted by molar-refractivity contribution is 6.30. The second kappa shape index (κ2) is 5.65. The average molecular weight is 321 g/mol. The van der Waals surface area contributed by atoms with Gasteiger partial charge in [0.05, 0.1) is 11.4 Å². The Bertz CT molecular complexity index is 779. The number of hydrogen-bond donors (Lipinski definition) is 2. The molecule has 0 aromatic heterocycles. The largest absolute Gasteiger partial charge is 0.482 e. The van der Waals surface area contributed by atoms with Crippen molar-refractivity contribution in [2.24, 2.45) is 0 Å². The topological polar surface area (TPSA) is 67.4 Å². The predicted octanol–water partition coefficient (Wildman–Crippen LogP) is 3.06. The third-order valence-electron chi connectivity index (χ3n) is 3.06. The van der Waals surface area contributed by atoms with Crippen molar-refractivity contribution < 1.29 is 18.7 Å². The van der Waals surface area contributed by atoms with Crippen LogP contribution in [-0.2, 0) is 4.79 Å². The molecule has 0 saturated carbocycles. The highest BCUT2D eigenvalue weighted by atomic mass is 35.5. The molecule has 0 radical (unpaired) electrons. The molecule has 1 heterocycles. The Hall–Kier alpha value is -2.60. The van der Waals surface area contributed by atoms with Crippen LogP contribution in [0.1, 0.15) is 10.4 Å². The summed E-state index contributed by atoms with van der Waals surface area (Å²) >= 11 is 5.66. The van der Waals surface area contributed by atoms with Crippen LogP contribution < -0.4 is 15.4 Å². The van der Waals surface area contributed by atoms with E-state index in [0.29, 0.717) is 11.4 Å². The van der Waals surface area contributed by atoms with Crippen LogP contribution in [0.2, 0.25) is 5.02 Å². The smallest absolute Gasteiger partial charge is 0.262 e. The van der Waals surface area contributed by atoms with Crippen molar-refractivity contribution in [3.05, 3.63) is 52.8 Å². The molecule has 2 N–H and O–H groups in total. The lowest BCUT2D eigenvalue weighted by Crippen LogP contribution is -2.25. The first-order chi connectivity index (χ1) is 10.5. The lowest BCUT2D eigenvalue weighted by Gasteiger charge is -2.18. The summed E-state index contributed by atoms with van der Waals surface area (Å²) in [7, 11) is 0. The maximum absolute atomic E-state index is 13.7. The van der Waals surface area contributed by atoms with Gasteiger partial charge in [-0.15, -0.1) is 0 Å². The summed E-state index contributed by atoms with van der Waals surface area (Å²) < 4.78 is 18.9. The van der Waals surface area contributed by atoms with Gasteiger partial charge in [0.1, 0.15) is 11.6 Å². The molecular weight excluding hydrogens is 311 g/mol. The Balaban J connectivity index is 1.82. The van der Waals surface area contributed by atoms with Gasteiger partial charge in [-0.2, -0.15) is 0 Å². The fourth-order valence-electron chi connectivity index (χ4n) is 2.00. The van der Waals surface area contributed by atoms with E-state index in [1.165, 1.54) is 24.3 Å². The van der Waals surface area contributed by atoms with Crippen molar-refractivity contribution in [1.29, 1.82) is 0 Å². The van der Waals surface area contributed by atoms with Crippen LogP contribution in [-0.4, -0.2) is 18.4 Å². The minimum Gasteiger partial charge on any atom is -0.482 e. The van der Waals surface area contributed by atoms with Gasteiger partial charge in [-0.05, 0) is 36.4 Å². The number of halogens is 2. The molecule has 22 heavy (non-hydrogen) atoms. The zero-order valence-corrected chi connectivity index (χ0v) is 11.9. The van der Waals surface area contributed by atoms with Crippen molar-refractivity contribution in [2.75, 3.05) is 17.2 Å². The Labute approximate surface area is 130 Å². The summed E-state index contributed by atoms with van der Waals surface area (Å²) in [5.41, 5.74) is 0.802. The minimum atomic E-state index is -0.623. The van der Waals surface area contributed by atoms with Crippen LogP contribution in [0.4, 0.5) is 15.8 Å². The van der Waals surface area contributed by atoms with E-state index in [9.17, 15) is 14.0 Å². The molecule has 0 atom stereocenters. The molecule has 0 aliphatic carbocycles. The lowest BCUT2D eigenvalue weighted by atomic mass is 10.1. The molecule has 2 amide bonds. The standard InChI is InChI=1S/C15H10ClFN2O3/c16-9-2-4-11(10(17)6-9)19-15(21)8-1-3-12-13(5-8)22-7-14(20)18-12/h1-6H,7H2,(H,18,20)(H,19,21). The fourth-order valence-corrected chi connectivity index (χ4v) is 2.16. The summed E-state index contributed by atoms with van der Waals surface area (Å²) in [5, 5.41) is 5.32. The van der Waals surface area contributed by atoms with Crippen LogP contribution in [0, 0.1) is 5.82 Å². The molecule has 0 bridgehead atoms. The monoisotopic (exact) mass is 320 g/mol. The molecule has 0 unspecified atom stereocenters. The molecule has 5 nitrogen and oxygen atoms in total. The maximum atomic E-state index is 13.7. The first kappa shape index (κ1) is 14.3. The SMILES string of the molecule is O=C1COc2cc(C(=O)Nc3ccc(Cl)cc3F)ccc2N1. The zero-order valence-electron chi connectivity index (χ0n) is 11.2. The number of anilines is 2. The van der Waals surface area contributed by atoms with Gasteiger partial charge in [0.15, 0.2) is 6.61 Å². The molecule has 112 valence electrons. The highest BCUT2D eigenvalue weighted by Gasteiger charge is 2.18. The first-order valence-corrected chi connectivity index (χ1v) is 6.74. The summed E-state index contributed by atoms with van der Waals surface area (Å²) in [4.78, 5) is 23.3. The summed E-state index contributed by atoms with van der Waals surface area (Å²) in [6.45, 7) is -0.107. The third kappa shape index (κ3) is 2.87. The van der Waals surface area contributed by atoms with E-state index in [-0.39, 0.29) is 28.8 Å². The number of carbonyl (C=O) groups is 2. The third-order valence-corrected chi connectivity index (χ3v) is 3.29. The molecule has 2 aromatic carbocycles. The highest BCUT2D eigenvalue weighted by Crippen LogP contribution is 2.29. The van der Waals surface area contributed by atoms with Crippen molar-refractivity contribution in [1.82, 2.24) is 0 Å². The van der Waals surface area contributed by atoms with Crippen LogP contribution >= 0.6 is 11.6 Å². The summed E-state index contributed by atoms with van der Waals surface area (Å²) in [6.07, 6.45) is 0. The van der Waals surface area contributed by atoms with Crippen LogP contribution in [0.15, 0.2) is 36.4 Å². The zero-order chi connectivity index (χ0) is 15.7. The summed E-state index contributed by atoms with van der Waals surface area (Å²) in [6, 6.07) is 8.52. The van der Waals surface area contributed by atoms with Gasteiger partial charge in [-0.25, -0.2) is 4.39 Å². The number of hydrogen-bond acceptors (Lipinski definition) is 3. The van der Waals surface area contributed by atoms with Gasteiger partial charge in [0.2, 0.25) is 0 Å². The van der Waals surface area contributed by atoms with Gasteiger partial charge in [-0.1, -0.05) is 11.6 Å². The van der Waals surface area contributed by atoms with E-state index in [1.54, 1.807) is 6.07 Å². The van der Waals surface area contributed by atoms with Crippen LogP contribution in [0.25, 0.3) is 0 Å². The number of ether oxygens (including phenoxy) is 1. The van der Waals surface area contributed by atoms with Crippen LogP contribution in [0.3, 0.4) is 0 Å². The number of fused-ring (bicyclic) bond motifs is 1. The van der Waals surface area contributed by atoms with Gasteiger partial charge in [0.25, 0.3) is 11.8 Å². The van der Waals surface area contributed by atoms with Crippen molar-refractivity contribution in [2.45, 2.75) is 0 Å². The fraction of sp³-hybridized carbons (Fsp3) is 0.0667. The minimum absolute atomic E-state index is 0.0290. The lowest BCUT2D eigenvalue weighted by molar-refractivity contribution is -0.118. The molecule has 7 heteroatoms. The normalized spacial score (nSPS) is 12.9. The van der Waals surface area contributed by atoms with E-state index in [0.717, 1.165) is 6.07 Å². The second-order valence-electron chi connectivity index (χ2n) is 4.63. The Kier molecular flexibility index (Phi) is 3.68. The molecule has 1 aliphatic rings. The van der Waals surface area contributed by atoms with E-state index in [2.05, 4.69) is 10.6 Å². The van der Waals surface area contributed by atoms with Gasteiger partial charge in [0, 0.05) is 10.6 Å². The molecule has 0 spiro atoms. The van der Waals surface area contributed by atoms with Gasteiger partial charge in [-0.3, -0.25) is 9.59 Å². The molecule has 2 aromatic rings. The van der Waals surface area contributed by atoms with Crippen molar-refractivity contribution >= 4 is 34.8 Å². The van der Waals surface area contributed by atoms with E-state index >= 15 is 0 Å². The average Bonchev–Trinajstić information content (AvgIpc) is 2.49. The number of benzene rings is 2. The van der Waals surface area contributed by atoms with E-state index in [4.69, 9.17) is 16.3 Å². The Morgan fingerprint density at radius 2 is 2.09 bits per heavy atom. The maximum Gasteiger partial charge on any atom is 0.262 e. The Morgan fingerprint density at radius 3 is 2.86 bits per heavy atom. The van der Waals surface area contributed by atoms with Gasteiger partial charge < -0.3 is 15.4 Å². The molecule has 1 aliphatic heterocycles. The summed E-state index contributed by atoms with van der Waals surface area (Å²) in [5.74, 6) is -0.983. The Morgan fingerprint density at radius 1 is 1.27 bits per heavy atom. The van der Waals surface area contributed by atoms with Crippen molar-refractivity contribution in [3.8, 4) is 5.75 Å². The molecule has 3 rings (SSSR count). The second-order valence-corrected chi connectivity index (χ2v) is 5.06. The molecular formula is C15H10ClFN2O3. The number of rotatable bonds is 2. The number of amides is 2. The number of nitrogens with one attached hydrogen (secondary N) is 2. The first-order valence-electron chi connectivity index (χ1n) is 6.36. The predicted molar refractivity (Wildman–Crippen MR) is 79.9 cm³/mol. The number of carbonyl (C=O) groups excluding carboxylic acids is 2.